The van der Waals surface area contributed by atoms with Crippen LogP contribution in [0.3, 0.4) is 0 Å². The number of nitrogens with one attached hydrogen (secondary N) is 1. The maximum atomic E-state index is 12.5. The molecule has 1 aliphatic heterocycles. The van der Waals surface area contributed by atoms with Gasteiger partial charge < -0.3 is 5.32 Å². The van der Waals surface area contributed by atoms with Crippen molar-refractivity contribution < 1.29 is 13.2 Å². The molecule has 1 aromatic rings. The van der Waals surface area contributed by atoms with E-state index in [-0.39, 0.29) is 6.04 Å². The lowest BCUT2D eigenvalue weighted by Crippen LogP contribution is -2.27. The number of nitrogens with zero attached hydrogens (tertiary/aromatic N) is 1. The Morgan fingerprint density at radius 1 is 1.31 bits per heavy atom. The van der Waals surface area contributed by atoms with Gasteiger partial charge in [0.15, 0.2) is 0 Å². The summed E-state index contributed by atoms with van der Waals surface area (Å²) in [6, 6.07) is 2.12. The first-order valence-electron chi connectivity index (χ1n) is 5.34. The van der Waals surface area contributed by atoms with Crippen molar-refractivity contribution in [2.75, 3.05) is 6.54 Å². The zero-order valence-electron chi connectivity index (χ0n) is 8.72. The van der Waals surface area contributed by atoms with Gasteiger partial charge in [0.2, 0.25) is 0 Å². The Morgan fingerprint density at radius 3 is 2.75 bits per heavy atom. The van der Waals surface area contributed by atoms with Gasteiger partial charge in [-0.25, -0.2) is 0 Å². The summed E-state index contributed by atoms with van der Waals surface area (Å²) >= 11 is 0. The maximum absolute atomic E-state index is 12.5. The maximum Gasteiger partial charge on any atom is 0.416 e. The molecule has 0 spiro atoms. The van der Waals surface area contributed by atoms with E-state index in [0.29, 0.717) is 5.69 Å². The normalized spacial score (nSPS) is 22.1. The van der Waals surface area contributed by atoms with Gasteiger partial charge in [-0.15, -0.1) is 0 Å². The lowest BCUT2D eigenvalue weighted by molar-refractivity contribution is -0.137. The zero-order valence-corrected chi connectivity index (χ0v) is 8.72. The second-order valence-corrected chi connectivity index (χ2v) is 3.97. The molecule has 0 saturated carbocycles. The third-order valence-corrected chi connectivity index (χ3v) is 2.78. The molecule has 1 aliphatic rings. The van der Waals surface area contributed by atoms with Gasteiger partial charge in [-0.3, -0.25) is 4.98 Å². The fraction of sp³-hybridized carbons (Fsp3) is 0.545. The molecule has 5 heteroatoms. The van der Waals surface area contributed by atoms with Gasteiger partial charge in [0, 0.05) is 12.2 Å². The summed E-state index contributed by atoms with van der Waals surface area (Å²) in [4.78, 5) is 4.01. The highest BCUT2D eigenvalue weighted by atomic mass is 19.4. The predicted octanol–water partition coefficient (Wildman–Crippen LogP) is 2.92. The minimum absolute atomic E-state index is 0.0314. The molecule has 1 unspecified atom stereocenters. The average Bonchev–Trinajstić information content (AvgIpc) is 2.29. The number of piperidine rings is 1. The first-order valence-corrected chi connectivity index (χ1v) is 5.34. The molecular formula is C11H13F3N2. The fourth-order valence-corrected chi connectivity index (χ4v) is 1.92. The first kappa shape index (κ1) is 11.4. The molecular weight excluding hydrogens is 217 g/mol. The van der Waals surface area contributed by atoms with E-state index in [4.69, 9.17) is 0 Å². The topological polar surface area (TPSA) is 24.9 Å². The third kappa shape index (κ3) is 2.52. The molecule has 1 N–H and O–H groups in total. The summed E-state index contributed by atoms with van der Waals surface area (Å²) in [7, 11) is 0. The highest BCUT2D eigenvalue weighted by molar-refractivity contribution is 5.21. The molecule has 88 valence electrons. The van der Waals surface area contributed by atoms with Gasteiger partial charge in [-0.2, -0.15) is 13.2 Å². The first-order chi connectivity index (χ1) is 7.57. The number of aromatic nitrogens is 1. The van der Waals surface area contributed by atoms with Crippen molar-refractivity contribution in [3.63, 3.8) is 0 Å². The molecule has 0 radical (unpaired) electrons. The molecule has 1 fully saturated rings. The summed E-state index contributed by atoms with van der Waals surface area (Å²) < 4.78 is 37.5. The van der Waals surface area contributed by atoms with Crippen LogP contribution in [0.25, 0.3) is 0 Å². The predicted molar refractivity (Wildman–Crippen MR) is 53.8 cm³/mol. The molecule has 0 aliphatic carbocycles. The molecule has 0 amide bonds. The van der Waals surface area contributed by atoms with E-state index >= 15 is 0 Å². The smallest absolute Gasteiger partial charge is 0.309 e. The molecule has 0 bridgehead atoms. The van der Waals surface area contributed by atoms with Crippen molar-refractivity contribution in [2.45, 2.75) is 31.5 Å². The Morgan fingerprint density at radius 2 is 2.12 bits per heavy atom. The summed E-state index contributed by atoms with van der Waals surface area (Å²) in [5, 5.41) is 3.18. The Labute approximate surface area is 91.9 Å². The third-order valence-electron chi connectivity index (χ3n) is 2.78. The summed E-state index contributed by atoms with van der Waals surface area (Å²) in [6.07, 6.45) is -0.0832. The molecule has 1 atom stereocenters. The van der Waals surface area contributed by atoms with Gasteiger partial charge >= 0.3 is 6.18 Å². The summed E-state index contributed by atoms with van der Waals surface area (Å²) in [6.45, 7) is 0.850. The minimum atomic E-state index is -4.29. The molecule has 16 heavy (non-hydrogen) atoms. The Bertz CT molecular complexity index is 356. The van der Waals surface area contributed by atoms with Gasteiger partial charge in [0.05, 0.1) is 11.3 Å². The van der Waals surface area contributed by atoms with Gasteiger partial charge in [-0.05, 0) is 31.5 Å². The number of hydrogen-bond donors (Lipinski definition) is 1. The molecule has 2 nitrogen and oxygen atoms in total. The Balaban J connectivity index is 2.21. The van der Waals surface area contributed by atoms with Crippen LogP contribution >= 0.6 is 0 Å². The monoisotopic (exact) mass is 230 g/mol. The summed E-state index contributed by atoms with van der Waals surface area (Å²) in [5.41, 5.74) is -0.126. The van der Waals surface area contributed by atoms with Crippen molar-refractivity contribution in [2.24, 2.45) is 0 Å². The van der Waals surface area contributed by atoms with Crippen LogP contribution in [0.4, 0.5) is 13.2 Å². The van der Waals surface area contributed by atoms with Crippen LogP contribution < -0.4 is 5.32 Å². The van der Waals surface area contributed by atoms with E-state index in [9.17, 15) is 13.2 Å². The van der Waals surface area contributed by atoms with E-state index < -0.39 is 11.7 Å². The average molecular weight is 230 g/mol. The number of pyridine rings is 1. The lowest BCUT2D eigenvalue weighted by Gasteiger charge is -2.23. The molecule has 2 heterocycles. The highest BCUT2D eigenvalue weighted by Crippen LogP contribution is 2.31. The van der Waals surface area contributed by atoms with Crippen molar-refractivity contribution in [3.8, 4) is 0 Å². The van der Waals surface area contributed by atoms with E-state index in [0.717, 1.165) is 37.9 Å². The van der Waals surface area contributed by atoms with Crippen LogP contribution in [0.15, 0.2) is 18.3 Å². The molecule has 1 saturated heterocycles. The van der Waals surface area contributed by atoms with Crippen LogP contribution in [0.1, 0.15) is 36.6 Å². The molecule has 2 rings (SSSR count). The number of hydrogen-bond acceptors (Lipinski definition) is 2. The standard InChI is InChI=1S/C11H13F3N2/c12-11(13,14)8-4-6-16-10(7-8)9-3-1-2-5-15-9/h4,6-7,9,15H,1-3,5H2. The van der Waals surface area contributed by atoms with Crippen LogP contribution in [-0.4, -0.2) is 11.5 Å². The summed E-state index contributed by atoms with van der Waals surface area (Å²) in [5.74, 6) is 0. The van der Waals surface area contributed by atoms with Crippen LogP contribution in [0.2, 0.25) is 0 Å². The SMILES string of the molecule is FC(F)(F)c1ccnc(C2CCCCN2)c1. The quantitative estimate of drug-likeness (QED) is 0.802. The Hall–Kier alpha value is -1.10. The van der Waals surface area contributed by atoms with Crippen molar-refractivity contribution in [1.82, 2.24) is 10.3 Å². The number of alkyl halides is 3. The van der Waals surface area contributed by atoms with Crippen LogP contribution in [0.5, 0.6) is 0 Å². The van der Waals surface area contributed by atoms with Crippen molar-refractivity contribution >= 4 is 0 Å². The lowest BCUT2D eigenvalue weighted by atomic mass is 10.0. The molecule has 1 aromatic heterocycles. The van der Waals surface area contributed by atoms with Crippen LogP contribution in [0, 0.1) is 0 Å². The van der Waals surface area contributed by atoms with Gasteiger partial charge in [-0.1, -0.05) is 6.42 Å². The second-order valence-electron chi connectivity index (χ2n) is 3.97. The zero-order chi connectivity index (χ0) is 11.6. The van der Waals surface area contributed by atoms with Gasteiger partial charge in [0.25, 0.3) is 0 Å². The largest absolute Gasteiger partial charge is 0.416 e. The van der Waals surface area contributed by atoms with E-state index in [1.807, 2.05) is 0 Å². The van der Waals surface area contributed by atoms with E-state index in [1.54, 1.807) is 0 Å². The van der Waals surface area contributed by atoms with Crippen molar-refractivity contribution in [3.05, 3.63) is 29.6 Å². The number of halogens is 3. The second kappa shape index (κ2) is 4.41. The van der Waals surface area contributed by atoms with Crippen molar-refractivity contribution in [1.29, 1.82) is 0 Å². The van der Waals surface area contributed by atoms with Crippen LogP contribution in [-0.2, 0) is 6.18 Å². The Kier molecular flexibility index (Phi) is 3.14. The van der Waals surface area contributed by atoms with E-state index in [1.165, 1.54) is 6.20 Å². The van der Waals surface area contributed by atoms with E-state index in [2.05, 4.69) is 10.3 Å². The van der Waals surface area contributed by atoms with Gasteiger partial charge in [0.1, 0.15) is 0 Å². The number of rotatable bonds is 1. The molecule has 0 aromatic carbocycles. The highest BCUT2D eigenvalue weighted by Gasteiger charge is 2.31. The fourth-order valence-electron chi connectivity index (χ4n) is 1.92. The minimum Gasteiger partial charge on any atom is -0.309 e.